The zero-order valence-corrected chi connectivity index (χ0v) is 9.29. The minimum atomic E-state index is -0.343. The summed E-state index contributed by atoms with van der Waals surface area (Å²) in [6, 6.07) is 1.93. The Balaban J connectivity index is 2.68. The Bertz CT molecular complexity index is 293. The van der Waals surface area contributed by atoms with E-state index in [9.17, 15) is 5.11 Å². The first-order valence-electron chi connectivity index (χ1n) is 4.30. The third-order valence-corrected chi connectivity index (χ3v) is 2.15. The molecule has 2 nitrogen and oxygen atoms in total. The van der Waals surface area contributed by atoms with E-state index in [1.807, 2.05) is 30.0 Å². The lowest BCUT2D eigenvalue weighted by molar-refractivity contribution is 0.173. The topological polar surface area (TPSA) is 25.2 Å². The molecule has 72 valence electrons. The van der Waals surface area contributed by atoms with Gasteiger partial charge in [0.15, 0.2) is 0 Å². The lowest BCUT2D eigenvalue weighted by atomic mass is 10.1. The summed E-state index contributed by atoms with van der Waals surface area (Å²) in [5.41, 5.74) is 0.969. The van der Waals surface area contributed by atoms with Gasteiger partial charge in [0.05, 0.1) is 12.6 Å². The monoisotopic (exact) mass is 243 g/mol. The van der Waals surface area contributed by atoms with Crippen molar-refractivity contribution in [3.8, 4) is 0 Å². The van der Waals surface area contributed by atoms with Gasteiger partial charge in [-0.15, -0.1) is 0 Å². The molecule has 0 saturated heterocycles. The van der Waals surface area contributed by atoms with Crippen LogP contribution in [0.2, 0.25) is 0 Å². The number of hydrogen-bond donors (Lipinski definition) is 1. The Morgan fingerprint density at radius 2 is 2.46 bits per heavy atom. The molecule has 1 atom stereocenters. The number of aliphatic hydroxyl groups is 1. The number of aliphatic hydroxyl groups excluding tert-OH is 1. The van der Waals surface area contributed by atoms with Crippen molar-refractivity contribution in [3.05, 3.63) is 35.1 Å². The van der Waals surface area contributed by atoms with Crippen molar-refractivity contribution in [1.82, 2.24) is 4.57 Å². The van der Waals surface area contributed by atoms with Gasteiger partial charge in [-0.25, -0.2) is 0 Å². The molecule has 1 aromatic rings. The summed E-state index contributed by atoms with van der Waals surface area (Å²) in [6.45, 7) is 6.47. The van der Waals surface area contributed by atoms with Crippen molar-refractivity contribution >= 4 is 15.9 Å². The quantitative estimate of drug-likeness (QED) is 0.865. The molecule has 1 rings (SSSR count). The number of halogens is 1. The molecule has 0 aliphatic rings. The smallest absolute Gasteiger partial charge is 0.0802 e. The standard InChI is InChI=1S/C10H14BrNO/c1-3-10(13)9-4-5-12(7-9)6-8(2)11/h4-5,7,10,13H,2-3,6H2,1H3. The molecule has 0 spiro atoms. The van der Waals surface area contributed by atoms with Crippen LogP contribution in [-0.4, -0.2) is 9.67 Å². The summed E-state index contributed by atoms with van der Waals surface area (Å²) in [6.07, 6.45) is 4.30. The van der Waals surface area contributed by atoms with Crippen molar-refractivity contribution in [2.75, 3.05) is 0 Å². The van der Waals surface area contributed by atoms with E-state index in [-0.39, 0.29) is 6.10 Å². The molecule has 0 fully saturated rings. The molecule has 1 N–H and O–H groups in total. The van der Waals surface area contributed by atoms with Gasteiger partial charge >= 0.3 is 0 Å². The fourth-order valence-corrected chi connectivity index (χ4v) is 1.48. The summed E-state index contributed by atoms with van der Waals surface area (Å²) in [5.74, 6) is 0. The van der Waals surface area contributed by atoms with Gasteiger partial charge in [0, 0.05) is 16.9 Å². The van der Waals surface area contributed by atoms with E-state index in [1.165, 1.54) is 0 Å². The second-order valence-corrected chi connectivity index (χ2v) is 4.18. The average Bonchev–Trinajstić information content (AvgIpc) is 2.50. The molecule has 1 heterocycles. The first-order chi connectivity index (χ1) is 6.13. The molecule has 1 aromatic heterocycles. The van der Waals surface area contributed by atoms with Crippen LogP contribution in [0, 0.1) is 0 Å². The van der Waals surface area contributed by atoms with Crippen LogP contribution in [0.5, 0.6) is 0 Å². The number of hydrogen-bond acceptors (Lipinski definition) is 1. The minimum Gasteiger partial charge on any atom is -0.388 e. The summed E-state index contributed by atoms with van der Waals surface area (Å²) in [7, 11) is 0. The molecular weight excluding hydrogens is 230 g/mol. The Morgan fingerprint density at radius 1 is 1.77 bits per heavy atom. The van der Waals surface area contributed by atoms with Crippen LogP contribution in [0.1, 0.15) is 25.0 Å². The molecule has 0 aromatic carbocycles. The molecule has 0 radical (unpaired) electrons. The van der Waals surface area contributed by atoms with Crippen LogP contribution < -0.4 is 0 Å². The van der Waals surface area contributed by atoms with E-state index in [0.717, 1.165) is 23.0 Å². The highest BCUT2D eigenvalue weighted by molar-refractivity contribution is 9.11. The maximum atomic E-state index is 9.53. The van der Waals surface area contributed by atoms with E-state index in [4.69, 9.17) is 0 Å². The number of allylic oxidation sites excluding steroid dienone is 1. The van der Waals surface area contributed by atoms with Gasteiger partial charge in [-0.05, 0) is 18.1 Å². The first kappa shape index (κ1) is 10.5. The van der Waals surface area contributed by atoms with Crippen LogP contribution in [-0.2, 0) is 6.54 Å². The summed E-state index contributed by atoms with van der Waals surface area (Å²) in [4.78, 5) is 0. The van der Waals surface area contributed by atoms with Gasteiger partial charge in [0.1, 0.15) is 0 Å². The molecule has 13 heavy (non-hydrogen) atoms. The summed E-state index contributed by atoms with van der Waals surface area (Å²) in [5, 5.41) is 9.53. The zero-order valence-electron chi connectivity index (χ0n) is 7.70. The number of aromatic nitrogens is 1. The van der Waals surface area contributed by atoms with E-state index in [0.29, 0.717) is 0 Å². The van der Waals surface area contributed by atoms with Gasteiger partial charge in [0.2, 0.25) is 0 Å². The van der Waals surface area contributed by atoms with E-state index in [1.54, 1.807) is 0 Å². The Morgan fingerprint density at radius 3 is 3.00 bits per heavy atom. The molecule has 0 saturated carbocycles. The Kier molecular flexibility index (Phi) is 3.75. The number of rotatable bonds is 4. The first-order valence-corrected chi connectivity index (χ1v) is 5.09. The van der Waals surface area contributed by atoms with Crippen LogP contribution in [0.15, 0.2) is 29.5 Å². The van der Waals surface area contributed by atoms with E-state index >= 15 is 0 Å². The molecular formula is C10H14BrNO. The van der Waals surface area contributed by atoms with Crippen molar-refractivity contribution in [3.63, 3.8) is 0 Å². The van der Waals surface area contributed by atoms with Gasteiger partial charge in [0.25, 0.3) is 0 Å². The van der Waals surface area contributed by atoms with E-state index in [2.05, 4.69) is 22.5 Å². The maximum absolute atomic E-state index is 9.53. The molecule has 0 amide bonds. The van der Waals surface area contributed by atoms with Crippen molar-refractivity contribution in [2.45, 2.75) is 26.0 Å². The van der Waals surface area contributed by atoms with Crippen molar-refractivity contribution in [2.24, 2.45) is 0 Å². The average molecular weight is 244 g/mol. The molecule has 1 unspecified atom stereocenters. The molecule has 0 bridgehead atoms. The second-order valence-electron chi connectivity index (χ2n) is 3.06. The van der Waals surface area contributed by atoms with Crippen LogP contribution in [0.3, 0.4) is 0 Å². The zero-order chi connectivity index (χ0) is 9.84. The fraction of sp³-hybridized carbons (Fsp3) is 0.400. The van der Waals surface area contributed by atoms with Gasteiger partial charge in [-0.2, -0.15) is 0 Å². The van der Waals surface area contributed by atoms with Crippen LogP contribution in [0.4, 0.5) is 0 Å². The van der Waals surface area contributed by atoms with Gasteiger partial charge in [-0.3, -0.25) is 0 Å². The largest absolute Gasteiger partial charge is 0.388 e. The lowest BCUT2D eigenvalue weighted by Crippen LogP contribution is -1.95. The molecule has 0 aliphatic carbocycles. The second kappa shape index (κ2) is 4.63. The van der Waals surface area contributed by atoms with E-state index < -0.39 is 0 Å². The summed E-state index contributed by atoms with van der Waals surface area (Å²) >= 11 is 3.30. The fourth-order valence-electron chi connectivity index (χ4n) is 1.19. The van der Waals surface area contributed by atoms with Gasteiger partial charge in [-0.1, -0.05) is 29.4 Å². The predicted octanol–water partition coefficient (Wildman–Crippen LogP) is 2.84. The number of nitrogens with zero attached hydrogens (tertiary/aromatic N) is 1. The summed E-state index contributed by atoms with van der Waals surface area (Å²) < 4.78 is 2.92. The lowest BCUT2D eigenvalue weighted by Gasteiger charge is -2.04. The highest BCUT2D eigenvalue weighted by atomic mass is 79.9. The maximum Gasteiger partial charge on any atom is 0.0802 e. The molecule has 3 heteroatoms. The normalized spacial score (nSPS) is 12.8. The van der Waals surface area contributed by atoms with Crippen molar-refractivity contribution < 1.29 is 5.11 Å². The van der Waals surface area contributed by atoms with Crippen LogP contribution in [0.25, 0.3) is 0 Å². The SMILES string of the molecule is C=C(Br)Cn1ccc(C(O)CC)c1. The van der Waals surface area contributed by atoms with Crippen LogP contribution >= 0.6 is 15.9 Å². The minimum absolute atomic E-state index is 0.343. The third kappa shape index (κ3) is 3.01. The third-order valence-electron chi connectivity index (χ3n) is 1.90. The van der Waals surface area contributed by atoms with Crippen molar-refractivity contribution in [1.29, 1.82) is 0 Å². The Hall–Kier alpha value is -0.540. The Labute approximate surface area is 87.0 Å². The van der Waals surface area contributed by atoms with Gasteiger partial charge < -0.3 is 9.67 Å². The highest BCUT2D eigenvalue weighted by Gasteiger charge is 2.05. The molecule has 0 aliphatic heterocycles. The predicted molar refractivity (Wildman–Crippen MR) is 57.7 cm³/mol. The highest BCUT2D eigenvalue weighted by Crippen LogP contribution is 2.17.